The van der Waals surface area contributed by atoms with Gasteiger partial charge in [-0.15, -0.1) is 0 Å². The second-order valence-electron chi connectivity index (χ2n) is 7.36. The molecule has 0 atom stereocenters. The molecule has 0 aliphatic carbocycles. The van der Waals surface area contributed by atoms with Crippen LogP contribution in [0.15, 0.2) is 48.5 Å². The summed E-state index contributed by atoms with van der Waals surface area (Å²) < 4.78 is 0. The first kappa shape index (κ1) is 23.9. The lowest BCUT2D eigenvalue weighted by atomic mass is 9.84. The van der Waals surface area contributed by atoms with Crippen LogP contribution in [0.2, 0.25) is 0 Å². The van der Waals surface area contributed by atoms with Crippen LogP contribution in [-0.4, -0.2) is 55.3 Å². The summed E-state index contributed by atoms with van der Waals surface area (Å²) in [6, 6.07) is 11.4. The summed E-state index contributed by atoms with van der Waals surface area (Å²) in [5.41, 5.74) is -0.696. The summed E-state index contributed by atoms with van der Waals surface area (Å²) in [5.74, 6) is -5.13. The van der Waals surface area contributed by atoms with Gasteiger partial charge in [0.2, 0.25) is 0 Å². The molecule has 0 aliphatic heterocycles. The van der Waals surface area contributed by atoms with E-state index in [9.17, 15) is 39.6 Å². The topological polar surface area (TPSA) is 212 Å². The quantitative estimate of drug-likeness (QED) is 0.229. The number of hydrogen-bond acceptors (Lipinski definition) is 4. The average Bonchev–Trinajstić information content (AvgIpc) is 2.75. The van der Waals surface area contributed by atoms with Gasteiger partial charge < -0.3 is 31.4 Å². The Morgan fingerprint density at radius 1 is 0.382 bits per heavy atom. The van der Waals surface area contributed by atoms with Crippen LogP contribution in [0.1, 0.15) is 41.4 Å². The Morgan fingerprint density at radius 3 is 0.765 bits per heavy atom. The molecule has 0 heterocycles. The molecule has 0 radical (unpaired) electrons. The van der Waals surface area contributed by atoms with Gasteiger partial charge in [0.25, 0.3) is 0 Å². The van der Waals surface area contributed by atoms with Crippen LogP contribution >= 0.6 is 0 Å². The van der Waals surface area contributed by atoms with Gasteiger partial charge in [-0.3, -0.25) is 0 Å². The minimum absolute atomic E-state index is 0. The predicted molar refractivity (Wildman–Crippen MR) is 123 cm³/mol. The zero-order valence-corrected chi connectivity index (χ0v) is 17.0. The van der Waals surface area contributed by atoms with Crippen molar-refractivity contribution in [3.05, 3.63) is 70.8 Å². The van der Waals surface area contributed by atoms with Crippen molar-refractivity contribution in [2.75, 3.05) is 0 Å². The first-order valence-electron chi connectivity index (χ1n) is 9.35. The molecule has 5 aromatic rings. The Kier molecular flexibility index (Phi) is 5.58. The van der Waals surface area contributed by atoms with Crippen molar-refractivity contribution < 1.29 is 50.6 Å². The number of benzene rings is 5. The highest BCUT2D eigenvalue weighted by Crippen LogP contribution is 2.43. The number of rotatable bonds is 4. The molecule has 0 aliphatic rings. The molecule has 0 saturated heterocycles. The molecule has 10 nitrogen and oxygen atoms in total. The molecule has 0 saturated carbocycles. The Hall–Kier alpha value is -4.80. The third kappa shape index (κ3) is 2.98. The van der Waals surface area contributed by atoms with Crippen molar-refractivity contribution in [1.29, 1.82) is 0 Å². The third-order valence-corrected chi connectivity index (χ3v) is 5.82. The molecule has 8 N–H and O–H groups in total. The number of aromatic carboxylic acids is 4. The molecule has 0 bridgehead atoms. The Labute approximate surface area is 188 Å². The maximum absolute atomic E-state index is 11.9. The minimum Gasteiger partial charge on any atom is -0.478 e. The fourth-order valence-corrected chi connectivity index (χ4v) is 4.60. The smallest absolute Gasteiger partial charge is 0.336 e. The SMILES string of the molecule is O.O.O=C(O)c1ccc2c3ccc(C(=O)O)c4c(C(=O)O)ccc(c5ccc(C(=O)O)c1c25)c43. The van der Waals surface area contributed by atoms with Gasteiger partial charge in [-0.05, 0) is 56.6 Å². The van der Waals surface area contributed by atoms with Crippen molar-refractivity contribution in [3.63, 3.8) is 0 Å². The third-order valence-electron chi connectivity index (χ3n) is 5.82. The highest BCUT2D eigenvalue weighted by Gasteiger charge is 2.25. The van der Waals surface area contributed by atoms with E-state index in [2.05, 4.69) is 0 Å². The van der Waals surface area contributed by atoms with E-state index in [1.165, 1.54) is 48.5 Å². The fraction of sp³-hybridized carbons (Fsp3) is 0. The maximum atomic E-state index is 11.9. The van der Waals surface area contributed by atoms with Crippen LogP contribution in [0, 0.1) is 0 Å². The monoisotopic (exact) mass is 464 g/mol. The molecular formula is C24H16O10. The van der Waals surface area contributed by atoms with Gasteiger partial charge >= 0.3 is 23.9 Å². The first-order chi connectivity index (χ1) is 15.2. The van der Waals surface area contributed by atoms with E-state index in [0.29, 0.717) is 32.3 Å². The normalized spacial score (nSPS) is 10.8. The second-order valence-corrected chi connectivity index (χ2v) is 7.36. The van der Waals surface area contributed by atoms with Gasteiger partial charge in [-0.25, -0.2) is 19.2 Å². The number of fused-ring (bicyclic) bond motifs is 2. The molecule has 34 heavy (non-hydrogen) atoms. The highest BCUT2D eigenvalue weighted by molar-refractivity contribution is 6.38. The van der Waals surface area contributed by atoms with E-state index in [4.69, 9.17) is 0 Å². The zero-order valence-electron chi connectivity index (χ0n) is 17.0. The van der Waals surface area contributed by atoms with Gasteiger partial charge in [0.05, 0.1) is 22.3 Å². The van der Waals surface area contributed by atoms with E-state index in [1.54, 1.807) is 0 Å². The second kappa shape index (κ2) is 7.96. The Morgan fingerprint density at radius 2 is 0.588 bits per heavy atom. The number of hydrogen-bond donors (Lipinski definition) is 4. The van der Waals surface area contributed by atoms with Gasteiger partial charge in [0.15, 0.2) is 0 Å². The summed E-state index contributed by atoms with van der Waals surface area (Å²) in [7, 11) is 0. The molecule has 0 amide bonds. The van der Waals surface area contributed by atoms with Gasteiger partial charge in [0, 0.05) is 10.8 Å². The van der Waals surface area contributed by atoms with Crippen LogP contribution < -0.4 is 0 Å². The van der Waals surface area contributed by atoms with Crippen molar-refractivity contribution in [1.82, 2.24) is 0 Å². The van der Waals surface area contributed by atoms with Crippen molar-refractivity contribution in [2.45, 2.75) is 0 Å². The maximum Gasteiger partial charge on any atom is 0.336 e. The van der Waals surface area contributed by atoms with Crippen LogP contribution in [0.5, 0.6) is 0 Å². The van der Waals surface area contributed by atoms with Crippen LogP contribution in [-0.2, 0) is 0 Å². The summed E-state index contributed by atoms with van der Waals surface area (Å²) in [6.07, 6.45) is 0. The summed E-state index contributed by atoms with van der Waals surface area (Å²) in [4.78, 5) is 47.5. The van der Waals surface area contributed by atoms with Gasteiger partial charge in [-0.1, -0.05) is 24.3 Å². The number of carboxylic acids is 4. The molecule has 0 unspecified atom stereocenters. The number of carboxylic acid groups (broad SMARTS) is 4. The van der Waals surface area contributed by atoms with Crippen molar-refractivity contribution in [3.8, 4) is 0 Å². The van der Waals surface area contributed by atoms with Crippen molar-refractivity contribution >= 4 is 67.0 Å². The minimum atomic E-state index is -1.28. The zero-order chi connectivity index (χ0) is 22.9. The first-order valence-corrected chi connectivity index (χ1v) is 9.35. The van der Waals surface area contributed by atoms with Gasteiger partial charge in [-0.2, -0.15) is 0 Å². The summed E-state index contributed by atoms with van der Waals surface area (Å²) in [6.45, 7) is 0. The van der Waals surface area contributed by atoms with Crippen LogP contribution in [0.25, 0.3) is 43.1 Å². The lowest BCUT2D eigenvalue weighted by Crippen LogP contribution is -2.07. The molecule has 0 spiro atoms. The standard InChI is InChI=1S/C24H12O8.2H2O/c25-21(26)13-5-1-9-10-2-6-15(23(29)30)20-16(24(31)32)8-4-12(18(10)20)11-3-7-14(22(27)28)19(13)17(9)11;;/h1-8H,(H,25,26)(H,27,28)(H,29,30)(H,31,32);2*1H2. The van der Waals surface area contributed by atoms with E-state index >= 15 is 0 Å². The van der Waals surface area contributed by atoms with Crippen LogP contribution in [0.3, 0.4) is 0 Å². The molecule has 0 aromatic heterocycles. The Balaban J connectivity index is 0.00000162. The Bertz CT molecular complexity index is 1440. The van der Waals surface area contributed by atoms with Crippen molar-refractivity contribution in [2.24, 2.45) is 0 Å². The van der Waals surface area contributed by atoms with Gasteiger partial charge in [0.1, 0.15) is 0 Å². The molecular weight excluding hydrogens is 448 g/mol. The summed E-state index contributed by atoms with van der Waals surface area (Å²) in [5, 5.41) is 41.7. The fourth-order valence-electron chi connectivity index (χ4n) is 4.60. The lowest BCUT2D eigenvalue weighted by Gasteiger charge is -2.18. The van der Waals surface area contributed by atoms with E-state index < -0.39 is 23.9 Å². The molecule has 5 rings (SSSR count). The molecule has 5 aromatic carbocycles. The van der Waals surface area contributed by atoms with E-state index in [-0.39, 0.29) is 44.0 Å². The number of carbonyl (C=O) groups is 4. The largest absolute Gasteiger partial charge is 0.478 e. The summed E-state index contributed by atoms with van der Waals surface area (Å²) >= 11 is 0. The molecule has 10 heteroatoms. The molecule has 0 fully saturated rings. The predicted octanol–water partition coefficient (Wildman–Crippen LogP) is 2.88. The lowest BCUT2D eigenvalue weighted by molar-refractivity contribution is 0.0681. The average molecular weight is 464 g/mol. The highest BCUT2D eigenvalue weighted by atomic mass is 16.4. The van der Waals surface area contributed by atoms with Crippen LogP contribution in [0.4, 0.5) is 0 Å². The van der Waals surface area contributed by atoms with E-state index in [1.807, 2.05) is 0 Å². The molecule has 172 valence electrons. The van der Waals surface area contributed by atoms with E-state index in [0.717, 1.165) is 0 Å².